The minimum absolute atomic E-state index is 0.149. The summed E-state index contributed by atoms with van der Waals surface area (Å²) in [6.45, 7) is -0.361. The first-order chi connectivity index (χ1) is 4.48. The second kappa shape index (κ2) is 3.78. The molecule has 0 aromatic heterocycles. The van der Waals surface area contributed by atoms with Gasteiger partial charge in [0.1, 0.15) is 0 Å². The number of rotatable bonds is 3. The lowest BCUT2D eigenvalue weighted by Gasteiger charge is -2.18. The van der Waals surface area contributed by atoms with Crippen molar-refractivity contribution in [1.82, 2.24) is 4.90 Å². The van der Waals surface area contributed by atoms with Gasteiger partial charge in [0.25, 0.3) is 0 Å². The third-order valence-electron chi connectivity index (χ3n) is 1.08. The van der Waals surface area contributed by atoms with E-state index in [0.717, 1.165) is 7.05 Å². The zero-order valence-corrected chi connectivity index (χ0v) is 5.65. The molecule has 0 aliphatic rings. The van der Waals surface area contributed by atoms with Gasteiger partial charge in [-0.25, -0.2) is 4.90 Å². The average Bonchev–Trinajstić information content (AvgIpc) is 1.80. The molecular weight excluding hydrogens is 147 g/mol. The summed E-state index contributed by atoms with van der Waals surface area (Å²) in [6.07, 6.45) is -4.12. The van der Waals surface area contributed by atoms with E-state index in [4.69, 9.17) is 5.11 Å². The Morgan fingerprint density at radius 1 is 1.40 bits per heavy atom. The molecule has 0 radical (unpaired) electrons. The van der Waals surface area contributed by atoms with Crippen molar-refractivity contribution in [3.63, 3.8) is 0 Å². The van der Waals surface area contributed by atoms with E-state index in [1.165, 1.54) is 0 Å². The van der Waals surface area contributed by atoms with Gasteiger partial charge >= 0.3 is 6.30 Å². The molecule has 0 aromatic rings. The zero-order chi connectivity index (χ0) is 8.20. The maximum atomic E-state index is 11.6. The van der Waals surface area contributed by atoms with Crippen LogP contribution in [-0.2, 0) is 0 Å². The maximum absolute atomic E-state index is 11.6. The van der Waals surface area contributed by atoms with Crippen molar-refractivity contribution in [1.29, 1.82) is 0 Å². The molecule has 0 aromatic carbocycles. The van der Waals surface area contributed by atoms with E-state index >= 15 is 0 Å². The van der Waals surface area contributed by atoms with Crippen molar-refractivity contribution in [2.45, 2.75) is 12.7 Å². The van der Waals surface area contributed by atoms with Crippen LogP contribution in [0, 0.1) is 0 Å². The molecule has 2 nitrogen and oxygen atoms in total. The standard InChI is InChI=1S/C5H10F3NO/c1-9(3-2-4-10)5(6,7)8/h10H,2-4H2,1H3. The Hall–Kier alpha value is -0.290. The third-order valence-corrected chi connectivity index (χ3v) is 1.08. The van der Waals surface area contributed by atoms with Crippen LogP contribution < -0.4 is 0 Å². The third kappa shape index (κ3) is 3.68. The summed E-state index contributed by atoms with van der Waals surface area (Å²) in [4.78, 5) is 0.239. The highest BCUT2D eigenvalue weighted by Gasteiger charge is 2.32. The van der Waals surface area contributed by atoms with Gasteiger partial charge in [0, 0.05) is 13.2 Å². The highest BCUT2D eigenvalue weighted by Crippen LogP contribution is 2.18. The summed E-state index contributed by atoms with van der Waals surface area (Å²) in [6, 6.07) is 0. The fourth-order valence-electron chi connectivity index (χ4n) is 0.435. The summed E-state index contributed by atoms with van der Waals surface area (Å²) in [5.41, 5.74) is 0. The fourth-order valence-corrected chi connectivity index (χ4v) is 0.435. The molecule has 0 bridgehead atoms. The normalized spacial score (nSPS) is 12.6. The molecule has 0 unspecified atom stereocenters. The first kappa shape index (κ1) is 9.71. The molecule has 0 rings (SSSR count). The monoisotopic (exact) mass is 157 g/mol. The first-order valence-electron chi connectivity index (χ1n) is 2.87. The molecule has 10 heavy (non-hydrogen) atoms. The lowest BCUT2D eigenvalue weighted by Crippen LogP contribution is -2.35. The number of aliphatic hydroxyl groups is 1. The van der Waals surface area contributed by atoms with Gasteiger partial charge in [-0.15, -0.1) is 0 Å². The number of nitrogens with zero attached hydrogens (tertiary/aromatic N) is 1. The Bertz CT molecular complexity index is 93.4. The molecule has 62 valence electrons. The van der Waals surface area contributed by atoms with Crippen molar-refractivity contribution in [2.24, 2.45) is 0 Å². The van der Waals surface area contributed by atoms with E-state index in [0.29, 0.717) is 0 Å². The van der Waals surface area contributed by atoms with E-state index in [1.807, 2.05) is 0 Å². The second-order valence-corrected chi connectivity index (χ2v) is 1.97. The van der Waals surface area contributed by atoms with Crippen molar-refractivity contribution in [3.8, 4) is 0 Å². The SMILES string of the molecule is CN(CCCO)C(F)(F)F. The molecule has 1 N–H and O–H groups in total. The van der Waals surface area contributed by atoms with Crippen LogP contribution in [0.1, 0.15) is 6.42 Å². The van der Waals surface area contributed by atoms with Crippen LogP contribution in [0.5, 0.6) is 0 Å². The minimum Gasteiger partial charge on any atom is -0.396 e. The van der Waals surface area contributed by atoms with Gasteiger partial charge in [-0.05, 0) is 13.5 Å². The van der Waals surface area contributed by atoms with E-state index < -0.39 is 6.30 Å². The van der Waals surface area contributed by atoms with Crippen LogP contribution >= 0.6 is 0 Å². The number of aliphatic hydroxyl groups excluding tert-OH is 1. The van der Waals surface area contributed by atoms with Crippen molar-refractivity contribution in [3.05, 3.63) is 0 Å². The molecule has 0 aliphatic carbocycles. The number of alkyl halides is 3. The van der Waals surface area contributed by atoms with Gasteiger partial charge < -0.3 is 5.11 Å². The van der Waals surface area contributed by atoms with Gasteiger partial charge in [0.2, 0.25) is 0 Å². The average molecular weight is 157 g/mol. The molecule has 0 saturated carbocycles. The summed E-state index contributed by atoms with van der Waals surface area (Å²) in [5.74, 6) is 0. The molecule has 0 heterocycles. The Labute approximate surface area is 57.2 Å². The topological polar surface area (TPSA) is 23.5 Å². The maximum Gasteiger partial charge on any atom is 0.459 e. The minimum atomic E-state index is -4.27. The summed E-state index contributed by atoms with van der Waals surface area (Å²) in [5, 5.41) is 8.19. The predicted octanol–water partition coefficient (Wildman–Crippen LogP) is 0.820. The van der Waals surface area contributed by atoms with Gasteiger partial charge in [-0.3, -0.25) is 0 Å². The van der Waals surface area contributed by atoms with Crippen LogP contribution in [0.25, 0.3) is 0 Å². The van der Waals surface area contributed by atoms with Crippen LogP contribution in [-0.4, -0.2) is 36.5 Å². The van der Waals surface area contributed by atoms with E-state index in [2.05, 4.69) is 0 Å². The molecular formula is C5H10F3NO. The van der Waals surface area contributed by atoms with E-state index in [9.17, 15) is 13.2 Å². The molecule has 0 amide bonds. The Kier molecular flexibility index (Phi) is 3.67. The zero-order valence-electron chi connectivity index (χ0n) is 5.65. The van der Waals surface area contributed by atoms with Crippen LogP contribution in [0.2, 0.25) is 0 Å². The number of hydrogen-bond acceptors (Lipinski definition) is 2. The Balaban J connectivity index is 3.52. The van der Waals surface area contributed by atoms with Gasteiger partial charge in [0.15, 0.2) is 0 Å². The molecule has 0 saturated heterocycles. The van der Waals surface area contributed by atoms with Crippen molar-refractivity contribution >= 4 is 0 Å². The van der Waals surface area contributed by atoms with E-state index in [1.54, 1.807) is 0 Å². The van der Waals surface area contributed by atoms with Crippen LogP contribution in [0.3, 0.4) is 0 Å². The van der Waals surface area contributed by atoms with E-state index in [-0.39, 0.29) is 24.5 Å². The molecule has 0 spiro atoms. The summed E-state index contributed by atoms with van der Waals surface area (Å²) >= 11 is 0. The van der Waals surface area contributed by atoms with Gasteiger partial charge in [-0.1, -0.05) is 0 Å². The Morgan fingerprint density at radius 2 is 1.90 bits per heavy atom. The largest absolute Gasteiger partial charge is 0.459 e. The molecule has 0 aliphatic heterocycles. The van der Waals surface area contributed by atoms with Crippen molar-refractivity contribution < 1.29 is 18.3 Å². The second-order valence-electron chi connectivity index (χ2n) is 1.97. The highest BCUT2D eigenvalue weighted by atomic mass is 19.4. The first-order valence-corrected chi connectivity index (χ1v) is 2.87. The fraction of sp³-hybridized carbons (Fsp3) is 1.00. The highest BCUT2D eigenvalue weighted by molar-refractivity contribution is 4.52. The van der Waals surface area contributed by atoms with Crippen LogP contribution in [0.15, 0.2) is 0 Å². The molecule has 0 fully saturated rings. The molecule has 0 atom stereocenters. The quantitative estimate of drug-likeness (QED) is 0.613. The van der Waals surface area contributed by atoms with Gasteiger partial charge in [-0.2, -0.15) is 13.2 Å². The predicted molar refractivity (Wildman–Crippen MR) is 30.4 cm³/mol. The van der Waals surface area contributed by atoms with Crippen molar-refractivity contribution in [2.75, 3.05) is 20.2 Å². The number of hydrogen-bond donors (Lipinski definition) is 1. The lowest BCUT2D eigenvalue weighted by molar-refractivity contribution is -0.236. The smallest absolute Gasteiger partial charge is 0.396 e. The summed E-state index contributed by atoms with van der Waals surface area (Å²) < 4.78 is 34.9. The lowest BCUT2D eigenvalue weighted by atomic mass is 10.4. The molecule has 5 heteroatoms. The number of halogens is 3. The van der Waals surface area contributed by atoms with Gasteiger partial charge in [0.05, 0.1) is 0 Å². The van der Waals surface area contributed by atoms with Crippen LogP contribution in [0.4, 0.5) is 13.2 Å². The Morgan fingerprint density at radius 3 is 2.20 bits per heavy atom. The summed E-state index contributed by atoms with van der Waals surface area (Å²) in [7, 11) is 0.954.